The summed E-state index contributed by atoms with van der Waals surface area (Å²) in [5.41, 5.74) is 0.293. The fourth-order valence-electron chi connectivity index (χ4n) is 2.16. The zero-order valence-corrected chi connectivity index (χ0v) is 12.6. The van der Waals surface area contributed by atoms with E-state index < -0.39 is 11.7 Å². The molecule has 2 rings (SSSR count). The molecule has 0 spiro atoms. The van der Waals surface area contributed by atoms with Crippen LogP contribution in [0.4, 0.5) is 13.2 Å². The van der Waals surface area contributed by atoms with Crippen molar-refractivity contribution in [2.24, 2.45) is 0 Å². The van der Waals surface area contributed by atoms with Crippen LogP contribution in [0.3, 0.4) is 0 Å². The molecule has 1 atom stereocenters. The predicted octanol–water partition coefficient (Wildman–Crippen LogP) is 5.05. The molecule has 0 saturated heterocycles. The molecule has 5 heteroatoms. The van der Waals surface area contributed by atoms with Crippen LogP contribution in [0.1, 0.15) is 35.4 Å². The molecule has 0 bridgehead atoms. The molecule has 0 amide bonds. The number of halogens is 3. The second-order valence-electron chi connectivity index (χ2n) is 4.91. The van der Waals surface area contributed by atoms with Gasteiger partial charge in [0, 0.05) is 17.3 Å². The third-order valence-electron chi connectivity index (χ3n) is 3.27. The fourth-order valence-corrected chi connectivity index (χ4v) is 2.91. The molecule has 0 aliphatic carbocycles. The van der Waals surface area contributed by atoms with E-state index in [1.807, 2.05) is 11.4 Å². The van der Waals surface area contributed by atoms with Crippen LogP contribution < -0.4 is 5.32 Å². The molecule has 2 aromatic rings. The van der Waals surface area contributed by atoms with E-state index in [1.165, 1.54) is 4.88 Å². The highest BCUT2D eigenvalue weighted by atomic mass is 32.1. The Kier molecular flexibility index (Phi) is 5.42. The Balaban J connectivity index is 2.15. The minimum absolute atomic E-state index is 0.0471. The molecule has 1 N–H and O–H groups in total. The first-order chi connectivity index (χ1) is 10.0. The molecule has 21 heavy (non-hydrogen) atoms. The monoisotopic (exact) mass is 313 g/mol. The Labute approximate surface area is 126 Å². The minimum Gasteiger partial charge on any atom is -0.310 e. The van der Waals surface area contributed by atoms with Gasteiger partial charge in [-0.2, -0.15) is 13.2 Å². The van der Waals surface area contributed by atoms with Crippen LogP contribution in [-0.4, -0.2) is 6.54 Å². The molecule has 1 nitrogen and oxygen atoms in total. The first kappa shape index (κ1) is 16.0. The summed E-state index contributed by atoms with van der Waals surface area (Å²) in [7, 11) is 0. The van der Waals surface area contributed by atoms with Crippen LogP contribution in [0.15, 0.2) is 41.8 Å². The first-order valence-electron chi connectivity index (χ1n) is 6.93. The van der Waals surface area contributed by atoms with Crippen molar-refractivity contribution < 1.29 is 13.2 Å². The molecular formula is C16H18F3NS. The lowest BCUT2D eigenvalue weighted by Gasteiger charge is -2.19. The van der Waals surface area contributed by atoms with Crippen molar-refractivity contribution in [3.05, 3.63) is 57.8 Å². The molecular weight excluding hydrogens is 295 g/mol. The summed E-state index contributed by atoms with van der Waals surface area (Å²) in [6.07, 6.45) is -2.50. The quantitative estimate of drug-likeness (QED) is 0.787. The number of benzene rings is 1. The van der Waals surface area contributed by atoms with Crippen LogP contribution in [0.25, 0.3) is 0 Å². The molecule has 0 fully saturated rings. The van der Waals surface area contributed by atoms with Crippen LogP contribution >= 0.6 is 11.3 Å². The van der Waals surface area contributed by atoms with Crippen molar-refractivity contribution in [2.45, 2.75) is 32.0 Å². The van der Waals surface area contributed by atoms with E-state index in [2.05, 4.69) is 18.3 Å². The van der Waals surface area contributed by atoms with Gasteiger partial charge in [0.2, 0.25) is 0 Å². The van der Waals surface area contributed by atoms with Gasteiger partial charge in [-0.05, 0) is 42.1 Å². The number of nitrogens with one attached hydrogen (secondary N) is 1. The highest BCUT2D eigenvalue weighted by Gasteiger charge is 2.30. The van der Waals surface area contributed by atoms with Crippen molar-refractivity contribution in [1.29, 1.82) is 0 Å². The molecule has 1 heterocycles. The summed E-state index contributed by atoms with van der Waals surface area (Å²) in [5, 5.41) is 5.42. The minimum atomic E-state index is -4.28. The predicted molar refractivity (Wildman–Crippen MR) is 80.5 cm³/mol. The van der Waals surface area contributed by atoms with E-state index in [-0.39, 0.29) is 6.04 Å². The third-order valence-corrected chi connectivity index (χ3v) is 4.17. The average Bonchev–Trinajstić information content (AvgIpc) is 2.95. The van der Waals surface area contributed by atoms with Gasteiger partial charge in [0.05, 0.1) is 5.56 Å². The maximum atomic E-state index is 12.6. The Bertz CT molecular complexity index is 532. The topological polar surface area (TPSA) is 12.0 Å². The van der Waals surface area contributed by atoms with E-state index in [4.69, 9.17) is 0 Å². The molecule has 0 saturated carbocycles. The summed E-state index contributed by atoms with van der Waals surface area (Å²) in [5.74, 6) is 0. The lowest BCUT2D eigenvalue weighted by Crippen LogP contribution is -2.24. The number of thiophene rings is 1. The number of alkyl halides is 3. The first-order valence-corrected chi connectivity index (χ1v) is 7.81. The Morgan fingerprint density at radius 3 is 2.38 bits per heavy atom. The van der Waals surface area contributed by atoms with Crippen LogP contribution in [-0.2, 0) is 12.6 Å². The van der Waals surface area contributed by atoms with Crippen LogP contribution in [0, 0.1) is 0 Å². The maximum Gasteiger partial charge on any atom is 0.416 e. The second kappa shape index (κ2) is 7.09. The molecule has 114 valence electrons. The summed E-state index contributed by atoms with van der Waals surface area (Å²) in [6, 6.07) is 9.55. The van der Waals surface area contributed by atoms with E-state index >= 15 is 0 Å². The number of rotatable bonds is 6. The highest BCUT2D eigenvalue weighted by molar-refractivity contribution is 7.09. The normalized spacial score (nSPS) is 13.3. The molecule has 0 radical (unpaired) electrons. The summed E-state index contributed by atoms with van der Waals surface area (Å²) >= 11 is 1.67. The zero-order chi connectivity index (χ0) is 15.3. The molecule has 1 unspecified atom stereocenters. The van der Waals surface area contributed by atoms with Gasteiger partial charge in [-0.15, -0.1) is 11.3 Å². The van der Waals surface area contributed by atoms with E-state index in [0.717, 1.165) is 37.1 Å². The lowest BCUT2D eigenvalue weighted by molar-refractivity contribution is -0.137. The largest absolute Gasteiger partial charge is 0.416 e. The van der Waals surface area contributed by atoms with Crippen molar-refractivity contribution in [3.63, 3.8) is 0 Å². The smallest absolute Gasteiger partial charge is 0.310 e. The maximum absolute atomic E-state index is 12.6. The van der Waals surface area contributed by atoms with Gasteiger partial charge in [-0.1, -0.05) is 25.1 Å². The number of hydrogen-bond donors (Lipinski definition) is 1. The second-order valence-corrected chi connectivity index (χ2v) is 5.94. The van der Waals surface area contributed by atoms with Gasteiger partial charge < -0.3 is 5.32 Å². The Morgan fingerprint density at radius 1 is 1.14 bits per heavy atom. The van der Waals surface area contributed by atoms with Crippen molar-refractivity contribution in [1.82, 2.24) is 5.32 Å². The van der Waals surface area contributed by atoms with Gasteiger partial charge in [0.15, 0.2) is 0 Å². The van der Waals surface area contributed by atoms with Crippen LogP contribution in [0.2, 0.25) is 0 Å². The van der Waals surface area contributed by atoms with Crippen molar-refractivity contribution in [3.8, 4) is 0 Å². The molecule has 1 aromatic heterocycles. The van der Waals surface area contributed by atoms with Crippen molar-refractivity contribution in [2.75, 3.05) is 6.54 Å². The van der Waals surface area contributed by atoms with E-state index in [1.54, 1.807) is 23.5 Å². The number of hydrogen-bond acceptors (Lipinski definition) is 2. The SMILES string of the molecule is CCCNC(Cc1cccs1)c1ccc(C(F)(F)F)cc1. The Morgan fingerprint density at radius 2 is 1.86 bits per heavy atom. The molecule has 1 aromatic carbocycles. The standard InChI is InChI=1S/C16H18F3NS/c1-2-9-20-15(11-14-4-3-10-21-14)12-5-7-13(8-6-12)16(17,18)19/h3-8,10,15,20H,2,9,11H2,1H3. The van der Waals surface area contributed by atoms with Gasteiger partial charge in [-0.3, -0.25) is 0 Å². The van der Waals surface area contributed by atoms with Gasteiger partial charge >= 0.3 is 6.18 Å². The van der Waals surface area contributed by atoms with Gasteiger partial charge in [0.1, 0.15) is 0 Å². The highest BCUT2D eigenvalue weighted by Crippen LogP contribution is 2.30. The molecule has 0 aliphatic heterocycles. The zero-order valence-electron chi connectivity index (χ0n) is 11.8. The fraction of sp³-hybridized carbons (Fsp3) is 0.375. The van der Waals surface area contributed by atoms with Gasteiger partial charge in [0.25, 0.3) is 0 Å². The summed E-state index contributed by atoms with van der Waals surface area (Å²) < 4.78 is 37.8. The Hall–Kier alpha value is -1.33. The van der Waals surface area contributed by atoms with E-state index in [0.29, 0.717) is 0 Å². The summed E-state index contributed by atoms with van der Waals surface area (Å²) in [4.78, 5) is 1.23. The lowest BCUT2D eigenvalue weighted by atomic mass is 10.0. The van der Waals surface area contributed by atoms with Crippen LogP contribution in [0.5, 0.6) is 0 Å². The average molecular weight is 313 g/mol. The van der Waals surface area contributed by atoms with Crippen molar-refractivity contribution >= 4 is 11.3 Å². The van der Waals surface area contributed by atoms with E-state index in [9.17, 15) is 13.2 Å². The summed E-state index contributed by atoms with van der Waals surface area (Å²) in [6.45, 7) is 2.92. The third kappa shape index (κ3) is 4.58. The van der Waals surface area contributed by atoms with Gasteiger partial charge in [-0.25, -0.2) is 0 Å². The molecule has 0 aliphatic rings.